The minimum absolute atomic E-state index is 0.490. The fraction of sp³-hybridized carbons (Fsp3) is 0.500. The van der Waals surface area contributed by atoms with Gasteiger partial charge in [-0.25, -0.2) is 0 Å². The summed E-state index contributed by atoms with van der Waals surface area (Å²) in [6.07, 6.45) is 5.61. The third kappa shape index (κ3) is 3.78. The zero-order valence-corrected chi connectivity index (χ0v) is 15.0. The van der Waals surface area contributed by atoms with Crippen molar-refractivity contribution in [2.24, 2.45) is 0 Å². The summed E-state index contributed by atoms with van der Waals surface area (Å²) < 4.78 is 0. The van der Waals surface area contributed by atoms with E-state index >= 15 is 0 Å². The van der Waals surface area contributed by atoms with E-state index in [0.717, 1.165) is 32.2 Å². The molecule has 1 aromatic carbocycles. The Bertz CT molecular complexity index is 635. The highest BCUT2D eigenvalue weighted by atomic mass is 32.1. The van der Waals surface area contributed by atoms with Crippen LogP contribution in [0, 0.1) is 6.92 Å². The standard InChI is InChI=1S/C20H27NOS/c1-3-11-21(12-10-17-5-4-13-23-17)16-7-8-18-19(14-16)15(2)6-9-20(18)22/h4-6,9,13,16,22H,3,7-8,10-12,14H2,1-2H3/t16-/m0/s1. The molecule has 1 aromatic heterocycles. The van der Waals surface area contributed by atoms with E-state index in [2.05, 4.69) is 42.3 Å². The predicted octanol–water partition coefficient (Wildman–Crippen LogP) is 4.57. The van der Waals surface area contributed by atoms with Gasteiger partial charge in [0.05, 0.1) is 0 Å². The number of nitrogens with zero attached hydrogens (tertiary/aromatic N) is 1. The summed E-state index contributed by atoms with van der Waals surface area (Å²) >= 11 is 1.86. The maximum atomic E-state index is 10.1. The highest BCUT2D eigenvalue weighted by Gasteiger charge is 2.26. The van der Waals surface area contributed by atoms with Gasteiger partial charge >= 0.3 is 0 Å². The second-order valence-corrected chi connectivity index (χ2v) is 7.65. The molecule has 1 atom stereocenters. The highest BCUT2D eigenvalue weighted by Crippen LogP contribution is 2.33. The maximum Gasteiger partial charge on any atom is 0.119 e. The first-order valence-corrected chi connectivity index (χ1v) is 9.63. The normalized spacial score (nSPS) is 17.4. The van der Waals surface area contributed by atoms with Crippen LogP contribution in [0.3, 0.4) is 0 Å². The molecule has 2 aromatic rings. The van der Waals surface area contributed by atoms with E-state index in [0.29, 0.717) is 11.8 Å². The van der Waals surface area contributed by atoms with E-state index in [1.165, 1.54) is 34.5 Å². The summed E-state index contributed by atoms with van der Waals surface area (Å²) in [5.41, 5.74) is 3.91. The van der Waals surface area contributed by atoms with Crippen LogP contribution >= 0.6 is 11.3 Å². The van der Waals surface area contributed by atoms with Crippen LogP contribution in [0.4, 0.5) is 0 Å². The topological polar surface area (TPSA) is 23.5 Å². The molecule has 0 bridgehead atoms. The van der Waals surface area contributed by atoms with Crippen LogP contribution in [-0.2, 0) is 19.3 Å². The maximum absolute atomic E-state index is 10.1. The summed E-state index contributed by atoms with van der Waals surface area (Å²) in [5, 5.41) is 12.3. The second-order valence-electron chi connectivity index (χ2n) is 6.62. The van der Waals surface area contributed by atoms with Gasteiger partial charge in [-0.2, -0.15) is 0 Å². The lowest BCUT2D eigenvalue weighted by Gasteiger charge is -2.36. The number of phenolic OH excluding ortho intramolecular Hbond substituents is 1. The molecule has 0 amide bonds. The Morgan fingerprint density at radius 3 is 2.83 bits per heavy atom. The second kappa shape index (κ2) is 7.50. The van der Waals surface area contributed by atoms with E-state index in [1.54, 1.807) is 0 Å². The zero-order chi connectivity index (χ0) is 16.2. The molecule has 3 rings (SSSR count). The van der Waals surface area contributed by atoms with Gasteiger partial charge in [-0.3, -0.25) is 4.90 Å². The van der Waals surface area contributed by atoms with Crippen molar-refractivity contribution in [3.8, 4) is 5.75 Å². The smallest absolute Gasteiger partial charge is 0.119 e. The van der Waals surface area contributed by atoms with E-state index < -0.39 is 0 Å². The monoisotopic (exact) mass is 329 g/mol. The van der Waals surface area contributed by atoms with Crippen LogP contribution in [0.2, 0.25) is 0 Å². The number of thiophene rings is 1. The Labute approximate surface area is 143 Å². The molecule has 0 spiro atoms. The van der Waals surface area contributed by atoms with Crippen LogP contribution < -0.4 is 0 Å². The van der Waals surface area contributed by atoms with E-state index in [4.69, 9.17) is 0 Å². The highest BCUT2D eigenvalue weighted by molar-refractivity contribution is 7.09. The van der Waals surface area contributed by atoms with Crippen molar-refractivity contribution in [1.82, 2.24) is 4.90 Å². The fourth-order valence-electron chi connectivity index (χ4n) is 3.79. The lowest BCUT2D eigenvalue weighted by atomic mass is 9.84. The number of hydrogen-bond donors (Lipinski definition) is 1. The summed E-state index contributed by atoms with van der Waals surface area (Å²) in [5.74, 6) is 0.490. The van der Waals surface area contributed by atoms with Crippen molar-refractivity contribution in [2.45, 2.75) is 52.0 Å². The number of rotatable bonds is 6. The third-order valence-electron chi connectivity index (χ3n) is 5.06. The summed E-state index contributed by atoms with van der Waals surface area (Å²) in [6, 6.07) is 8.92. The average molecular weight is 330 g/mol. The molecule has 23 heavy (non-hydrogen) atoms. The lowest BCUT2D eigenvalue weighted by molar-refractivity contribution is 0.181. The first-order chi connectivity index (χ1) is 11.2. The molecule has 1 aliphatic rings. The number of fused-ring (bicyclic) bond motifs is 1. The van der Waals surface area contributed by atoms with Crippen molar-refractivity contribution < 1.29 is 5.11 Å². The number of aromatic hydroxyl groups is 1. The molecule has 0 aliphatic heterocycles. The molecule has 0 fully saturated rings. The zero-order valence-electron chi connectivity index (χ0n) is 14.2. The predicted molar refractivity (Wildman–Crippen MR) is 98.5 cm³/mol. The minimum atomic E-state index is 0.490. The van der Waals surface area contributed by atoms with Gasteiger partial charge < -0.3 is 5.11 Å². The van der Waals surface area contributed by atoms with Crippen LogP contribution in [0.5, 0.6) is 5.75 Å². The van der Waals surface area contributed by atoms with Gasteiger partial charge in [0.2, 0.25) is 0 Å². The third-order valence-corrected chi connectivity index (χ3v) is 6.00. The van der Waals surface area contributed by atoms with Crippen molar-refractivity contribution in [3.63, 3.8) is 0 Å². The van der Waals surface area contributed by atoms with Crippen molar-refractivity contribution >= 4 is 11.3 Å². The first-order valence-electron chi connectivity index (χ1n) is 8.75. The molecule has 1 N–H and O–H groups in total. The number of benzene rings is 1. The van der Waals surface area contributed by atoms with Gasteiger partial charge in [0.25, 0.3) is 0 Å². The molecule has 0 saturated carbocycles. The van der Waals surface area contributed by atoms with E-state index in [1.807, 2.05) is 17.4 Å². The molecular weight excluding hydrogens is 302 g/mol. The van der Waals surface area contributed by atoms with E-state index in [-0.39, 0.29) is 0 Å². The summed E-state index contributed by atoms with van der Waals surface area (Å²) in [4.78, 5) is 4.16. The van der Waals surface area contributed by atoms with Gasteiger partial charge in [0.15, 0.2) is 0 Å². The largest absolute Gasteiger partial charge is 0.508 e. The van der Waals surface area contributed by atoms with Crippen LogP contribution in [0.1, 0.15) is 41.3 Å². The Kier molecular flexibility index (Phi) is 5.39. The Balaban J connectivity index is 1.72. The Hall–Kier alpha value is -1.32. The number of phenols is 1. The first kappa shape index (κ1) is 16.5. The minimum Gasteiger partial charge on any atom is -0.508 e. The number of aryl methyl sites for hydroxylation is 1. The Morgan fingerprint density at radius 1 is 1.22 bits per heavy atom. The summed E-state index contributed by atoms with van der Waals surface area (Å²) in [6.45, 7) is 6.76. The molecule has 0 radical (unpaired) electrons. The molecular formula is C20H27NOS. The quantitative estimate of drug-likeness (QED) is 0.839. The van der Waals surface area contributed by atoms with E-state index in [9.17, 15) is 5.11 Å². The van der Waals surface area contributed by atoms with Gasteiger partial charge in [-0.05, 0) is 79.8 Å². The van der Waals surface area contributed by atoms with Gasteiger partial charge in [-0.15, -0.1) is 11.3 Å². The van der Waals surface area contributed by atoms with Crippen molar-refractivity contribution in [1.29, 1.82) is 0 Å². The van der Waals surface area contributed by atoms with Gasteiger partial charge in [0.1, 0.15) is 5.75 Å². The Morgan fingerprint density at radius 2 is 2.09 bits per heavy atom. The molecule has 0 saturated heterocycles. The molecule has 2 nitrogen and oxygen atoms in total. The summed E-state index contributed by atoms with van der Waals surface area (Å²) in [7, 11) is 0. The van der Waals surface area contributed by atoms with Crippen molar-refractivity contribution in [3.05, 3.63) is 51.2 Å². The molecule has 1 heterocycles. The molecule has 1 aliphatic carbocycles. The van der Waals surface area contributed by atoms with Crippen LogP contribution in [0.15, 0.2) is 29.6 Å². The molecule has 0 unspecified atom stereocenters. The van der Waals surface area contributed by atoms with Gasteiger partial charge in [0, 0.05) is 17.5 Å². The SMILES string of the molecule is CCCN(CCc1cccs1)[C@H]1CCc2c(O)ccc(C)c2C1. The fourth-order valence-corrected chi connectivity index (χ4v) is 4.49. The molecule has 124 valence electrons. The van der Waals surface area contributed by atoms with Crippen LogP contribution in [0.25, 0.3) is 0 Å². The lowest BCUT2D eigenvalue weighted by Crippen LogP contribution is -2.41. The van der Waals surface area contributed by atoms with Gasteiger partial charge in [-0.1, -0.05) is 19.1 Å². The van der Waals surface area contributed by atoms with Crippen molar-refractivity contribution in [2.75, 3.05) is 13.1 Å². The average Bonchev–Trinajstić information content (AvgIpc) is 3.08. The number of hydrogen-bond acceptors (Lipinski definition) is 3. The van der Waals surface area contributed by atoms with Crippen LogP contribution in [-0.4, -0.2) is 29.1 Å². The molecule has 3 heteroatoms.